The average Bonchev–Trinajstić information content (AvgIpc) is 3.38. The Morgan fingerprint density at radius 1 is 1.28 bits per heavy atom. The Morgan fingerprint density at radius 2 is 2.16 bits per heavy atom. The third kappa shape index (κ3) is 3.55. The van der Waals surface area contributed by atoms with Gasteiger partial charge in [-0.3, -0.25) is 4.90 Å². The molecule has 25 heavy (non-hydrogen) atoms. The molecule has 2 amide bonds. The molecule has 0 unspecified atom stereocenters. The SMILES string of the molecule is CCc1ccc([C@@H]2CCCN2C(=O)NC[C@H]2CN3CCC[C@H]3CO2)o1. The number of hydrogen-bond acceptors (Lipinski definition) is 4. The van der Waals surface area contributed by atoms with Crippen LogP contribution in [0.25, 0.3) is 0 Å². The summed E-state index contributed by atoms with van der Waals surface area (Å²) in [7, 11) is 0. The fourth-order valence-corrected chi connectivity index (χ4v) is 4.38. The highest BCUT2D eigenvalue weighted by molar-refractivity contribution is 5.75. The van der Waals surface area contributed by atoms with Crippen LogP contribution in [0.2, 0.25) is 0 Å². The number of ether oxygens (including phenoxy) is 1. The molecule has 1 aromatic heterocycles. The van der Waals surface area contributed by atoms with Gasteiger partial charge in [-0.1, -0.05) is 6.92 Å². The van der Waals surface area contributed by atoms with Crippen LogP contribution in [-0.2, 0) is 11.2 Å². The molecule has 0 bridgehead atoms. The summed E-state index contributed by atoms with van der Waals surface area (Å²) in [6.07, 6.45) is 5.50. The van der Waals surface area contributed by atoms with Gasteiger partial charge >= 0.3 is 6.03 Å². The Bertz CT molecular complexity index is 602. The quantitative estimate of drug-likeness (QED) is 0.909. The van der Waals surface area contributed by atoms with Crippen LogP contribution in [-0.4, -0.2) is 60.8 Å². The number of carbonyl (C=O) groups is 1. The van der Waals surface area contributed by atoms with Gasteiger partial charge in [0.15, 0.2) is 0 Å². The molecule has 0 aliphatic carbocycles. The Hall–Kier alpha value is -1.53. The predicted octanol–water partition coefficient (Wildman–Crippen LogP) is 2.55. The maximum absolute atomic E-state index is 12.7. The molecular formula is C19H29N3O3. The van der Waals surface area contributed by atoms with Crippen LogP contribution in [0.15, 0.2) is 16.5 Å². The summed E-state index contributed by atoms with van der Waals surface area (Å²) in [6, 6.07) is 4.71. The van der Waals surface area contributed by atoms with Crippen molar-refractivity contribution in [2.24, 2.45) is 0 Å². The third-order valence-corrected chi connectivity index (χ3v) is 5.82. The van der Waals surface area contributed by atoms with E-state index in [1.54, 1.807) is 0 Å². The maximum Gasteiger partial charge on any atom is 0.318 e. The van der Waals surface area contributed by atoms with E-state index in [0.717, 1.165) is 50.5 Å². The summed E-state index contributed by atoms with van der Waals surface area (Å²) in [4.78, 5) is 17.1. The molecule has 1 N–H and O–H groups in total. The molecule has 3 atom stereocenters. The number of nitrogens with zero attached hydrogens (tertiary/aromatic N) is 2. The molecule has 6 heteroatoms. The van der Waals surface area contributed by atoms with Gasteiger partial charge in [0.2, 0.25) is 0 Å². The van der Waals surface area contributed by atoms with Crippen molar-refractivity contribution >= 4 is 6.03 Å². The first-order chi connectivity index (χ1) is 12.2. The number of urea groups is 1. The number of likely N-dealkylation sites (tertiary alicyclic amines) is 1. The van der Waals surface area contributed by atoms with E-state index >= 15 is 0 Å². The average molecular weight is 347 g/mol. The van der Waals surface area contributed by atoms with Crippen molar-refractivity contribution < 1.29 is 13.9 Å². The molecular weight excluding hydrogens is 318 g/mol. The number of morpholine rings is 1. The van der Waals surface area contributed by atoms with Crippen molar-refractivity contribution in [2.45, 2.75) is 57.2 Å². The van der Waals surface area contributed by atoms with Gasteiger partial charge in [-0.25, -0.2) is 4.79 Å². The van der Waals surface area contributed by atoms with Crippen molar-refractivity contribution in [1.82, 2.24) is 15.1 Å². The molecule has 0 spiro atoms. The largest absolute Gasteiger partial charge is 0.464 e. The zero-order valence-corrected chi connectivity index (χ0v) is 15.1. The fraction of sp³-hybridized carbons (Fsp3) is 0.737. The number of carbonyl (C=O) groups excluding carboxylic acids is 1. The van der Waals surface area contributed by atoms with Crippen molar-refractivity contribution in [3.63, 3.8) is 0 Å². The number of hydrogen-bond donors (Lipinski definition) is 1. The number of fused-ring (bicyclic) bond motifs is 1. The summed E-state index contributed by atoms with van der Waals surface area (Å²) < 4.78 is 11.8. The summed E-state index contributed by atoms with van der Waals surface area (Å²) in [5.41, 5.74) is 0. The lowest BCUT2D eigenvalue weighted by Gasteiger charge is -2.35. The Balaban J connectivity index is 1.31. The zero-order valence-electron chi connectivity index (χ0n) is 15.1. The monoisotopic (exact) mass is 347 g/mol. The Labute approximate surface area is 149 Å². The predicted molar refractivity (Wildman–Crippen MR) is 94.5 cm³/mol. The number of rotatable bonds is 4. The molecule has 3 saturated heterocycles. The molecule has 1 aromatic rings. The normalized spacial score (nSPS) is 29.8. The minimum atomic E-state index is 0.00379. The molecule has 6 nitrogen and oxygen atoms in total. The van der Waals surface area contributed by atoms with Crippen molar-refractivity contribution in [3.05, 3.63) is 23.7 Å². The van der Waals surface area contributed by atoms with Crippen LogP contribution in [0.3, 0.4) is 0 Å². The third-order valence-electron chi connectivity index (χ3n) is 5.82. The van der Waals surface area contributed by atoms with Crippen molar-refractivity contribution in [2.75, 3.05) is 32.8 Å². The van der Waals surface area contributed by atoms with Gasteiger partial charge < -0.3 is 19.4 Å². The first-order valence-electron chi connectivity index (χ1n) is 9.73. The number of amides is 2. The maximum atomic E-state index is 12.7. The highest BCUT2D eigenvalue weighted by atomic mass is 16.5. The van der Waals surface area contributed by atoms with Crippen molar-refractivity contribution in [1.29, 1.82) is 0 Å². The summed E-state index contributed by atoms with van der Waals surface area (Å²) in [6.45, 7) is 6.37. The first kappa shape index (κ1) is 16.9. The highest BCUT2D eigenvalue weighted by Crippen LogP contribution is 2.33. The van der Waals surface area contributed by atoms with Crippen LogP contribution in [0.4, 0.5) is 4.79 Å². The van der Waals surface area contributed by atoms with Crippen LogP contribution in [0.1, 0.15) is 50.2 Å². The lowest BCUT2D eigenvalue weighted by atomic mass is 10.1. The Morgan fingerprint density at radius 3 is 3.00 bits per heavy atom. The second-order valence-electron chi connectivity index (χ2n) is 7.44. The zero-order chi connectivity index (χ0) is 17.2. The standard InChI is InChI=1S/C19H29N3O3/c1-2-15-7-8-18(25-15)17-6-4-10-22(17)19(23)20-11-16-12-21-9-3-5-14(21)13-24-16/h7-8,14,16-17H,2-6,9-13H2,1H3,(H,20,23)/t14-,16-,17-/m0/s1. The van der Waals surface area contributed by atoms with E-state index in [2.05, 4.69) is 17.1 Å². The topological polar surface area (TPSA) is 58.0 Å². The van der Waals surface area contributed by atoms with E-state index in [1.165, 1.54) is 19.4 Å². The Kier molecular flexibility index (Phi) is 4.99. The lowest BCUT2D eigenvalue weighted by Crippen LogP contribution is -2.51. The van der Waals surface area contributed by atoms with E-state index in [4.69, 9.17) is 9.15 Å². The van der Waals surface area contributed by atoms with E-state index in [9.17, 15) is 4.79 Å². The molecule has 3 fully saturated rings. The fourth-order valence-electron chi connectivity index (χ4n) is 4.38. The minimum Gasteiger partial charge on any atom is -0.464 e. The molecule has 0 radical (unpaired) electrons. The van der Waals surface area contributed by atoms with Gasteiger partial charge in [-0.2, -0.15) is 0 Å². The second-order valence-corrected chi connectivity index (χ2v) is 7.44. The first-order valence-corrected chi connectivity index (χ1v) is 9.73. The highest BCUT2D eigenvalue weighted by Gasteiger charge is 2.34. The number of nitrogens with one attached hydrogen (secondary N) is 1. The molecule has 0 saturated carbocycles. The van der Waals surface area contributed by atoms with Gasteiger partial charge in [0, 0.05) is 32.1 Å². The van der Waals surface area contributed by atoms with Crippen molar-refractivity contribution in [3.8, 4) is 0 Å². The molecule has 3 aliphatic rings. The molecule has 0 aromatic carbocycles. The van der Waals surface area contributed by atoms with Crippen LogP contribution >= 0.6 is 0 Å². The van der Waals surface area contributed by atoms with Gasteiger partial charge in [0.1, 0.15) is 11.5 Å². The summed E-state index contributed by atoms with van der Waals surface area (Å²) >= 11 is 0. The second kappa shape index (κ2) is 7.38. The molecule has 4 heterocycles. The smallest absolute Gasteiger partial charge is 0.318 e. The summed E-state index contributed by atoms with van der Waals surface area (Å²) in [5.74, 6) is 1.90. The number of furan rings is 1. The minimum absolute atomic E-state index is 0.00379. The van der Waals surface area contributed by atoms with E-state index in [0.29, 0.717) is 12.6 Å². The van der Waals surface area contributed by atoms with Crippen LogP contribution in [0, 0.1) is 0 Å². The van der Waals surface area contributed by atoms with Gasteiger partial charge in [0.05, 0.1) is 18.8 Å². The lowest BCUT2D eigenvalue weighted by molar-refractivity contribution is -0.0461. The van der Waals surface area contributed by atoms with Gasteiger partial charge in [0.25, 0.3) is 0 Å². The van der Waals surface area contributed by atoms with Crippen LogP contribution in [0.5, 0.6) is 0 Å². The van der Waals surface area contributed by atoms with E-state index in [-0.39, 0.29) is 18.2 Å². The summed E-state index contributed by atoms with van der Waals surface area (Å²) in [5, 5.41) is 3.09. The number of aryl methyl sites for hydroxylation is 1. The van der Waals surface area contributed by atoms with Gasteiger partial charge in [-0.05, 0) is 44.4 Å². The molecule has 138 valence electrons. The molecule has 4 rings (SSSR count). The van der Waals surface area contributed by atoms with E-state index in [1.807, 2.05) is 17.0 Å². The van der Waals surface area contributed by atoms with Gasteiger partial charge in [-0.15, -0.1) is 0 Å². The van der Waals surface area contributed by atoms with E-state index < -0.39 is 0 Å². The van der Waals surface area contributed by atoms with Crippen LogP contribution < -0.4 is 5.32 Å². The molecule has 3 aliphatic heterocycles.